The van der Waals surface area contributed by atoms with E-state index in [2.05, 4.69) is 5.32 Å². The summed E-state index contributed by atoms with van der Waals surface area (Å²) in [4.78, 5) is 21.3. The maximum Gasteiger partial charge on any atom is 0.216 e. The first kappa shape index (κ1) is 17.1. The van der Waals surface area contributed by atoms with Gasteiger partial charge < -0.3 is 10.1 Å². The molecule has 0 aromatic heterocycles. The van der Waals surface area contributed by atoms with Crippen molar-refractivity contribution in [3.8, 4) is 0 Å². The average molecular weight is 255 g/mol. The van der Waals surface area contributed by atoms with Gasteiger partial charge in [0.25, 0.3) is 0 Å². The van der Waals surface area contributed by atoms with E-state index in [1.165, 1.54) is 44.9 Å². The quantitative estimate of drug-likeness (QED) is 0.541. The molecule has 0 heterocycles. The van der Waals surface area contributed by atoms with E-state index < -0.39 is 0 Å². The van der Waals surface area contributed by atoms with Crippen molar-refractivity contribution in [1.29, 1.82) is 0 Å². The molecule has 3 nitrogen and oxygen atoms in total. The molecule has 1 N–H and O–H groups in total. The van der Waals surface area contributed by atoms with Gasteiger partial charge in [-0.1, -0.05) is 44.9 Å². The van der Waals surface area contributed by atoms with Crippen molar-refractivity contribution in [3.05, 3.63) is 0 Å². The molecule has 0 bridgehead atoms. The van der Waals surface area contributed by atoms with Gasteiger partial charge in [-0.3, -0.25) is 4.79 Å². The van der Waals surface area contributed by atoms with Crippen LogP contribution in [0, 0.1) is 0 Å². The van der Waals surface area contributed by atoms with Gasteiger partial charge in [-0.25, -0.2) is 0 Å². The highest BCUT2D eigenvalue weighted by molar-refractivity contribution is 5.75. The van der Waals surface area contributed by atoms with E-state index in [0.717, 1.165) is 25.8 Å². The molecule has 0 unspecified atom stereocenters. The maximum atomic E-state index is 10.7. The van der Waals surface area contributed by atoms with Crippen molar-refractivity contribution in [2.45, 2.75) is 78.1 Å². The van der Waals surface area contributed by atoms with Gasteiger partial charge in [0.05, 0.1) is 0 Å². The average Bonchev–Trinajstić information content (AvgIpc) is 2.29. The number of carbonyl (C=O) groups excluding carboxylic acids is 2. The second-order valence-electron chi connectivity index (χ2n) is 5.12. The summed E-state index contributed by atoms with van der Waals surface area (Å²) in [5, 5.41) is 2.81. The molecule has 0 saturated heterocycles. The molecule has 18 heavy (non-hydrogen) atoms. The first-order valence-electron chi connectivity index (χ1n) is 7.37. The second-order valence-corrected chi connectivity index (χ2v) is 5.12. The Balaban J connectivity index is 2.99. The van der Waals surface area contributed by atoms with Gasteiger partial charge in [0.15, 0.2) is 0 Å². The number of hydrogen-bond donors (Lipinski definition) is 1. The van der Waals surface area contributed by atoms with Gasteiger partial charge in [0, 0.05) is 19.9 Å². The Kier molecular flexibility index (Phi) is 12.0. The molecule has 0 aromatic rings. The Bertz CT molecular complexity index is 203. The van der Waals surface area contributed by atoms with Crippen molar-refractivity contribution in [2.75, 3.05) is 6.54 Å². The lowest BCUT2D eigenvalue weighted by molar-refractivity contribution is -0.119. The predicted molar refractivity (Wildman–Crippen MR) is 75.5 cm³/mol. The van der Waals surface area contributed by atoms with Gasteiger partial charge >= 0.3 is 0 Å². The van der Waals surface area contributed by atoms with Crippen LogP contribution in [0.25, 0.3) is 0 Å². The van der Waals surface area contributed by atoms with E-state index in [-0.39, 0.29) is 5.91 Å². The van der Waals surface area contributed by atoms with Crippen molar-refractivity contribution >= 4 is 11.7 Å². The maximum absolute atomic E-state index is 10.7. The Labute approximate surface area is 112 Å². The van der Waals surface area contributed by atoms with E-state index >= 15 is 0 Å². The molecule has 0 spiro atoms. The molecule has 0 aliphatic rings. The molecule has 0 aliphatic carbocycles. The lowest BCUT2D eigenvalue weighted by Gasteiger charge is -2.03. The highest BCUT2D eigenvalue weighted by atomic mass is 16.1. The lowest BCUT2D eigenvalue weighted by Crippen LogP contribution is -2.20. The number of carbonyl (C=O) groups is 2. The van der Waals surface area contributed by atoms with E-state index in [1.54, 1.807) is 13.8 Å². The van der Waals surface area contributed by atoms with Gasteiger partial charge in [-0.05, 0) is 19.8 Å². The van der Waals surface area contributed by atoms with Crippen LogP contribution in [0.5, 0.6) is 0 Å². The van der Waals surface area contributed by atoms with Crippen LogP contribution in [-0.2, 0) is 9.59 Å². The van der Waals surface area contributed by atoms with E-state index in [9.17, 15) is 9.59 Å². The molecule has 106 valence electrons. The zero-order chi connectivity index (χ0) is 13.6. The van der Waals surface area contributed by atoms with Crippen molar-refractivity contribution < 1.29 is 9.59 Å². The minimum absolute atomic E-state index is 0.0700. The molecular weight excluding hydrogens is 226 g/mol. The van der Waals surface area contributed by atoms with Gasteiger partial charge in [-0.15, -0.1) is 0 Å². The molecule has 0 rings (SSSR count). The summed E-state index contributed by atoms with van der Waals surface area (Å²) >= 11 is 0. The fraction of sp³-hybridized carbons (Fsp3) is 0.867. The van der Waals surface area contributed by atoms with E-state index in [0.29, 0.717) is 5.78 Å². The smallest absolute Gasteiger partial charge is 0.216 e. The molecular formula is C15H29NO2. The van der Waals surface area contributed by atoms with Crippen molar-refractivity contribution in [2.24, 2.45) is 0 Å². The summed E-state index contributed by atoms with van der Waals surface area (Å²) in [6.07, 6.45) is 11.8. The van der Waals surface area contributed by atoms with Gasteiger partial charge in [0.1, 0.15) is 5.78 Å². The standard InChI is InChI=1S/C15H29NO2/c1-14(17)12-10-8-6-4-3-5-7-9-11-13-16-15(2)18/h3-13H2,1-2H3,(H,16,18). The van der Waals surface area contributed by atoms with Crippen LogP contribution in [0.15, 0.2) is 0 Å². The zero-order valence-electron chi connectivity index (χ0n) is 12.1. The third-order valence-corrected chi connectivity index (χ3v) is 3.08. The zero-order valence-corrected chi connectivity index (χ0v) is 12.1. The molecule has 1 amide bonds. The number of amides is 1. The Morgan fingerprint density at radius 2 is 1.17 bits per heavy atom. The predicted octanol–water partition coefficient (Wildman–Crippen LogP) is 3.61. The Morgan fingerprint density at radius 3 is 1.61 bits per heavy atom. The van der Waals surface area contributed by atoms with Crippen molar-refractivity contribution in [1.82, 2.24) is 5.32 Å². The minimum Gasteiger partial charge on any atom is -0.356 e. The van der Waals surface area contributed by atoms with Crippen LogP contribution in [0.3, 0.4) is 0 Å². The number of Topliss-reactive ketones (excluding diaryl/α,β-unsaturated/α-hetero) is 1. The fourth-order valence-corrected chi connectivity index (χ4v) is 2.00. The van der Waals surface area contributed by atoms with E-state index in [4.69, 9.17) is 0 Å². The molecule has 3 heteroatoms. The number of nitrogens with one attached hydrogen (secondary N) is 1. The fourth-order valence-electron chi connectivity index (χ4n) is 2.00. The summed E-state index contributed by atoms with van der Waals surface area (Å²) in [6.45, 7) is 4.05. The molecule has 0 aliphatic heterocycles. The van der Waals surface area contributed by atoms with Gasteiger partial charge in [-0.2, -0.15) is 0 Å². The highest BCUT2D eigenvalue weighted by Crippen LogP contribution is 2.10. The van der Waals surface area contributed by atoms with Gasteiger partial charge in [0.2, 0.25) is 5.91 Å². The molecule has 0 aromatic carbocycles. The summed E-state index contributed by atoms with van der Waals surface area (Å²) in [7, 11) is 0. The summed E-state index contributed by atoms with van der Waals surface area (Å²) < 4.78 is 0. The number of hydrogen-bond acceptors (Lipinski definition) is 2. The molecule has 0 atom stereocenters. The molecule has 0 radical (unpaired) electrons. The summed E-state index contributed by atoms with van der Waals surface area (Å²) in [6, 6.07) is 0. The lowest BCUT2D eigenvalue weighted by atomic mass is 10.1. The first-order valence-corrected chi connectivity index (χ1v) is 7.37. The largest absolute Gasteiger partial charge is 0.356 e. The second kappa shape index (κ2) is 12.6. The molecule has 0 fully saturated rings. The monoisotopic (exact) mass is 255 g/mol. The van der Waals surface area contributed by atoms with Crippen LogP contribution < -0.4 is 5.32 Å². The van der Waals surface area contributed by atoms with Crippen LogP contribution in [0.1, 0.15) is 78.1 Å². The number of rotatable bonds is 12. The SMILES string of the molecule is CC(=O)CCCCCCCCCCCNC(C)=O. The summed E-state index contributed by atoms with van der Waals surface area (Å²) in [5.41, 5.74) is 0. The first-order chi connectivity index (χ1) is 8.63. The van der Waals surface area contributed by atoms with Crippen molar-refractivity contribution in [3.63, 3.8) is 0 Å². The Hall–Kier alpha value is -0.860. The third-order valence-electron chi connectivity index (χ3n) is 3.08. The van der Waals surface area contributed by atoms with Crippen LogP contribution >= 0.6 is 0 Å². The molecule has 0 saturated carbocycles. The highest BCUT2D eigenvalue weighted by Gasteiger charge is 1.95. The minimum atomic E-state index is 0.0700. The van der Waals surface area contributed by atoms with E-state index in [1.807, 2.05) is 0 Å². The summed E-state index contributed by atoms with van der Waals surface area (Å²) in [5.74, 6) is 0.384. The van der Waals surface area contributed by atoms with Crippen LogP contribution in [-0.4, -0.2) is 18.2 Å². The van der Waals surface area contributed by atoms with Crippen LogP contribution in [0.4, 0.5) is 0 Å². The Morgan fingerprint density at radius 1 is 0.722 bits per heavy atom. The third kappa shape index (κ3) is 15.1. The topological polar surface area (TPSA) is 46.2 Å². The van der Waals surface area contributed by atoms with Crippen LogP contribution in [0.2, 0.25) is 0 Å². The number of unbranched alkanes of at least 4 members (excludes halogenated alkanes) is 8. The normalized spacial score (nSPS) is 10.3. The number of ketones is 1.